The van der Waals surface area contributed by atoms with Crippen molar-refractivity contribution in [3.8, 4) is 0 Å². The van der Waals surface area contributed by atoms with E-state index in [9.17, 15) is 4.39 Å². The molecule has 4 N–H and O–H groups in total. The van der Waals surface area contributed by atoms with Crippen LogP contribution in [-0.2, 0) is 13.0 Å². The zero-order valence-electron chi connectivity index (χ0n) is 11.9. The number of aromatic nitrogens is 3. The molecule has 0 aliphatic carbocycles. The van der Waals surface area contributed by atoms with Crippen molar-refractivity contribution < 1.29 is 4.39 Å². The van der Waals surface area contributed by atoms with Crippen molar-refractivity contribution in [1.29, 1.82) is 0 Å². The van der Waals surface area contributed by atoms with Gasteiger partial charge in [-0.1, -0.05) is 6.07 Å². The van der Waals surface area contributed by atoms with Gasteiger partial charge in [-0.25, -0.2) is 4.39 Å². The fraction of sp³-hybridized carbons (Fsp3) is 0.286. The van der Waals surface area contributed by atoms with Gasteiger partial charge in [0.2, 0.25) is 5.28 Å². The van der Waals surface area contributed by atoms with Crippen molar-refractivity contribution in [2.24, 2.45) is 5.73 Å². The number of hydrogen-bond donors (Lipinski definition) is 3. The van der Waals surface area contributed by atoms with Crippen LogP contribution < -0.4 is 11.1 Å². The third-order valence-corrected chi connectivity index (χ3v) is 4.22. The number of hydrogen-bond acceptors (Lipinski definition) is 5. The van der Waals surface area contributed by atoms with E-state index in [1.807, 2.05) is 24.4 Å². The number of nitrogens with zero attached hydrogens (tertiary/aromatic N) is 2. The summed E-state index contributed by atoms with van der Waals surface area (Å²) in [4.78, 5) is 12.2. The minimum Gasteiger partial charge on any atom is -0.364 e. The average Bonchev–Trinajstić information content (AvgIpc) is 3.05. The molecule has 0 saturated heterocycles. The smallest absolute Gasteiger partial charge is 0.226 e. The third-order valence-electron chi connectivity index (χ3n) is 3.17. The lowest BCUT2D eigenvalue weighted by molar-refractivity contribution is 0.602. The molecule has 5 nitrogen and oxygen atoms in total. The SMILES string of the molecule is C[C@H](N)Cc1[nH]c2nc(Cl)nc(NCc3cccs3)c2c1F. The number of nitrogens with one attached hydrogen (secondary N) is 2. The number of fused-ring (bicyclic) bond motifs is 1. The standard InChI is InChI=1S/C14H15ClFN5S/c1-7(17)5-9-11(16)10-12(18-6-8-3-2-4-22-8)20-14(15)21-13(10)19-9/h2-4,7H,5-6,17H2,1H3,(H2,18,19,20,21)/t7-/m0/s1. The van der Waals surface area contributed by atoms with Crippen LogP contribution in [0.25, 0.3) is 11.0 Å². The average molecular weight is 340 g/mol. The molecular formula is C14H15ClFN5S. The number of halogens is 2. The summed E-state index contributed by atoms with van der Waals surface area (Å²) in [5.74, 6) is 0.00530. The molecule has 8 heteroatoms. The van der Waals surface area contributed by atoms with Gasteiger partial charge in [0.05, 0.1) is 17.6 Å². The Morgan fingerprint density at radius 2 is 2.32 bits per heavy atom. The van der Waals surface area contributed by atoms with Crippen molar-refractivity contribution in [1.82, 2.24) is 15.0 Å². The second kappa shape index (κ2) is 6.20. The quantitative estimate of drug-likeness (QED) is 0.623. The predicted molar refractivity (Wildman–Crippen MR) is 87.9 cm³/mol. The van der Waals surface area contributed by atoms with Crippen molar-refractivity contribution in [3.63, 3.8) is 0 Å². The van der Waals surface area contributed by atoms with Gasteiger partial charge in [0, 0.05) is 17.3 Å². The minimum absolute atomic E-state index is 0.0646. The molecule has 3 heterocycles. The predicted octanol–water partition coefficient (Wildman–Crippen LogP) is 3.31. The Labute approximate surface area is 135 Å². The zero-order chi connectivity index (χ0) is 15.7. The molecule has 0 aromatic carbocycles. The number of H-pyrrole nitrogens is 1. The van der Waals surface area contributed by atoms with E-state index in [4.69, 9.17) is 17.3 Å². The van der Waals surface area contributed by atoms with Gasteiger partial charge in [0.15, 0.2) is 5.82 Å². The molecule has 3 aromatic heterocycles. The summed E-state index contributed by atoms with van der Waals surface area (Å²) in [7, 11) is 0. The summed E-state index contributed by atoms with van der Waals surface area (Å²) in [6.07, 6.45) is 0.393. The molecule has 0 amide bonds. The fourth-order valence-electron chi connectivity index (χ4n) is 2.26. The number of thiophene rings is 1. The van der Waals surface area contributed by atoms with E-state index < -0.39 is 0 Å². The number of aromatic amines is 1. The molecule has 22 heavy (non-hydrogen) atoms. The molecule has 1 atom stereocenters. The normalized spacial score (nSPS) is 12.7. The van der Waals surface area contributed by atoms with Gasteiger partial charge in [0.1, 0.15) is 11.5 Å². The molecule has 0 aliphatic heterocycles. The van der Waals surface area contributed by atoms with Gasteiger partial charge in [-0.2, -0.15) is 9.97 Å². The van der Waals surface area contributed by atoms with Crippen LogP contribution in [-0.4, -0.2) is 21.0 Å². The lowest BCUT2D eigenvalue weighted by atomic mass is 10.2. The highest BCUT2D eigenvalue weighted by Gasteiger charge is 2.19. The molecule has 0 bridgehead atoms. The molecular weight excluding hydrogens is 325 g/mol. The lowest BCUT2D eigenvalue weighted by Crippen LogP contribution is -2.18. The minimum atomic E-state index is -0.377. The number of nitrogens with two attached hydrogens (primary N) is 1. The van der Waals surface area contributed by atoms with Crippen LogP contribution in [0.4, 0.5) is 10.2 Å². The van der Waals surface area contributed by atoms with Gasteiger partial charge in [-0.05, 0) is 30.0 Å². The van der Waals surface area contributed by atoms with Crippen LogP contribution in [0.2, 0.25) is 5.28 Å². The molecule has 0 unspecified atom stereocenters. The maximum absolute atomic E-state index is 14.6. The van der Waals surface area contributed by atoms with Crippen LogP contribution in [0.3, 0.4) is 0 Å². The molecule has 0 fully saturated rings. The lowest BCUT2D eigenvalue weighted by Gasteiger charge is -2.06. The first-order valence-electron chi connectivity index (χ1n) is 6.80. The van der Waals surface area contributed by atoms with Crippen LogP contribution in [0, 0.1) is 5.82 Å². The first-order chi connectivity index (χ1) is 10.5. The summed E-state index contributed by atoms with van der Waals surface area (Å²) in [6.45, 7) is 2.37. The van der Waals surface area contributed by atoms with Crippen LogP contribution in [0.15, 0.2) is 17.5 Å². The first kappa shape index (κ1) is 15.2. The Morgan fingerprint density at radius 3 is 3.00 bits per heavy atom. The fourth-order valence-corrected chi connectivity index (χ4v) is 3.07. The van der Waals surface area contributed by atoms with Gasteiger partial charge < -0.3 is 16.0 Å². The van der Waals surface area contributed by atoms with Crippen LogP contribution >= 0.6 is 22.9 Å². The zero-order valence-corrected chi connectivity index (χ0v) is 13.4. The Morgan fingerprint density at radius 1 is 1.50 bits per heavy atom. The van der Waals surface area contributed by atoms with Gasteiger partial charge in [0.25, 0.3) is 0 Å². The largest absolute Gasteiger partial charge is 0.364 e. The first-order valence-corrected chi connectivity index (χ1v) is 8.05. The summed E-state index contributed by atoms with van der Waals surface area (Å²) in [5, 5.41) is 5.49. The Bertz CT molecular complexity index is 784. The molecule has 0 saturated carbocycles. The molecule has 116 valence electrons. The second-order valence-electron chi connectivity index (χ2n) is 5.10. The van der Waals surface area contributed by atoms with E-state index in [1.165, 1.54) is 0 Å². The number of rotatable bonds is 5. The highest BCUT2D eigenvalue weighted by Crippen LogP contribution is 2.28. The maximum Gasteiger partial charge on any atom is 0.226 e. The summed E-state index contributed by atoms with van der Waals surface area (Å²) < 4.78 is 14.6. The van der Waals surface area contributed by atoms with Crippen molar-refractivity contribution in [2.75, 3.05) is 5.32 Å². The number of anilines is 1. The van der Waals surface area contributed by atoms with Crippen molar-refractivity contribution >= 4 is 39.8 Å². The molecule has 3 rings (SSSR count). The maximum atomic E-state index is 14.6. The summed E-state index contributed by atoms with van der Waals surface area (Å²) >= 11 is 7.54. The molecule has 3 aromatic rings. The van der Waals surface area contributed by atoms with Gasteiger partial charge in [-0.15, -0.1) is 11.3 Å². The second-order valence-corrected chi connectivity index (χ2v) is 6.47. The highest BCUT2D eigenvalue weighted by atomic mass is 35.5. The van der Waals surface area contributed by atoms with Gasteiger partial charge in [-0.3, -0.25) is 0 Å². The van der Waals surface area contributed by atoms with E-state index in [0.29, 0.717) is 35.5 Å². The van der Waals surface area contributed by atoms with E-state index in [0.717, 1.165) is 4.88 Å². The van der Waals surface area contributed by atoms with Crippen LogP contribution in [0.1, 0.15) is 17.5 Å². The monoisotopic (exact) mass is 339 g/mol. The van der Waals surface area contributed by atoms with E-state index in [1.54, 1.807) is 11.3 Å². The van der Waals surface area contributed by atoms with Crippen molar-refractivity contribution in [2.45, 2.75) is 25.9 Å². The van der Waals surface area contributed by atoms with Gasteiger partial charge >= 0.3 is 0 Å². The molecule has 0 radical (unpaired) electrons. The Kier molecular flexibility index (Phi) is 4.28. The van der Waals surface area contributed by atoms with Crippen molar-refractivity contribution in [3.05, 3.63) is 39.2 Å². The van der Waals surface area contributed by atoms with Crippen LogP contribution in [0.5, 0.6) is 0 Å². The molecule has 0 spiro atoms. The highest BCUT2D eigenvalue weighted by molar-refractivity contribution is 7.09. The summed E-state index contributed by atoms with van der Waals surface area (Å²) in [5.41, 5.74) is 6.54. The van der Waals surface area contributed by atoms with E-state index in [2.05, 4.69) is 20.3 Å². The molecule has 0 aliphatic rings. The van der Waals surface area contributed by atoms with E-state index >= 15 is 0 Å². The topological polar surface area (TPSA) is 79.6 Å². The Balaban J connectivity index is 1.99. The third kappa shape index (κ3) is 3.06. The summed E-state index contributed by atoms with van der Waals surface area (Å²) in [6, 6.07) is 3.79. The Hall–Kier alpha value is -1.70. The van der Waals surface area contributed by atoms with E-state index in [-0.39, 0.29) is 17.1 Å².